The molecule has 0 atom stereocenters. The van der Waals surface area contributed by atoms with Crippen molar-refractivity contribution in [1.82, 2.24) is 4.98 Å². The van der Waals surface area contributed by atoms with Gasteiger partial charge in [0.2, 0.25) is 0 Å². The van der Waals surface area contributed by atoms with Gasteiger partial charge in [0.1, 0.15) is 0 Å². The van der Waals surface area contributed by atoms with Gasteiger partial charge in [0, 0.05) is 24.2 Å². The summed E-state index contributed by atoms with van der Waals surface area (Å²) in [5.41, 5.74) is 6.79. The van der Waals surface area contributed by atoms with Crippen LogP contribution in [0.15, 0.2) is 18.3 Å². The lowest BCUT2D eigenvalue weighted by atomic mass is 10.2. The molecule has 0 saturated heterocycles. The van der Waals surface area contributed by atoms with Crippen molar-refractivity contribution in [3.63, 3.8) is 0 Å². The number of hydrogen-bond acceptors (Lipinski definition) is 5. The van der Waals surface area contributed by atoms with Crippen molar-refractivity contribution in [2.24, 2.45) is 5.73 Å². The molecule has 0 bridgehead atoms. The van der Waals surface area contributed by atoms with Gasteiger partial charge in [-0.05, 0) is 12.1 Å². The molecular weight excluding hydrogens is 212 g/mol. The predicted molar refractivity (Wildman–Crippen MR) is 60.8 cm³/mol. The predicted octanol–water partition coefficient (Wildman–Crippen LogP) is 1.06. The lowest BCUT2D eigenvalue weighted by molar-refractivity contribution is 0.0600. The first-order chi connectivity index (χ1) is 7.27. The molecular formula is C10H14N2O2S. The molecule has 0 radical (unpaired) electrons. The number of pyridine rings is 1. The van der Waals surface area contributed by atoms with Crippen LogP contribution in [-0.2, 0) is 10.5 Å². The van der Waals surface area contributed by atoms with Crippen molar-refractivity contribution in [1.29, 1.82) is 0 Å². The zero-order chi connectivity index (χ0) is 11.1. The van der Waals surface area contributed by atoms with Crippen molar-refractivity contribution in [2.45, 2.75) is 5.75 Å². The molecule has 1 aromatic rings. The van der Waals surface area contributed by atoms with Crippen LogP contribution in [0.1, 0.15) is 16.1 Å². The average molecular weight is 226 g/mol. The van der Waals surface area contributed by atoms with Crippen LogP contribution >= 0.6 is 11.8 Å². The number of hydrogen-bond donors (Lipinski definition) is 1. The normalized spacial score (nSPS) is 10.0. The second kappa shape index (κ2) is 6.42. The Balaban J connectivity index is 2.52. The zero-order valence-electron chi connectivity index (χ0n) is 8.60. The molecule has 0 unspecified atom stereocenters. The number of rotatable bonds is 5. The minimum absolute atomic E-state index is 0.358. The van der Waals surface area contributed by atoms with Gasteiger partial charge in [0.15, 0.2) is 0 Å². The molecule has 1 heterocycles. The van der Waals surface area contributed by atoms with Crippen molar-refractivity contribution in [3.8, 4) is 0 Å². The summed E-state index contributed by atoms with van der Waals surface area (Å²) >= 11 is 1.72. The van der Waals surface area contributed by atoms with E-state index in [1.165, 1.54) is 13.3 Å². The molecule has 1 rings (SSSR count). The number of esters is 1. The number of thioether (sulfide) groups is 1. The van der Waals surface area contributed by atoms with E-state index in [2.05, 4.69) is 9.72 Å². The average Bonchev–Trinajstić information content (AvgIpc) is 2.29. The third-order valence-electron chi connectivity index (χ3n) is 1.76. The molecule has 0 fully saturated rings. The van der Waals surface area contributed by atoms with E-state index in [0.717, 1.165) is 17.2 Å². The number of nitrogens with zero attached hydrogens (tertiary/aromatic N) is 1. The van der Waals surface area contributed by atoms with Crippen molar-refractivity contribution >= 4 is 17.7 Å². The number of ether oxygens (including phenoxy) is 1. The number of aromatic nitrogens is 1. The zero-order valence-corrected chi connectivity index (χ0v) is 9.42. The maximum absolute atomic E-state index is 11.1. The maximum atomic E-state index is 11.1. The largest absolute Gasteiger partial charge is 0.465 e. The molecule has 1 aromatic heterocycles. The fourth-order valence-corrected chi connectivity index (χ4v) is 1.70. The lowest BCUT2D eigenvalue weighted by Crippen LogP contribution is -2.03. The van der Waals surface area contributed by atoms with E-state index in [0.29, 0.717) is 12.1 Å². The third kappa shape index (κ3) is 3.89. The van der Waals surface area contributed by atoms with Gasteiger partial charge in [0.05, 0.1) is 18.4 Å². The topological polar surface area (TPSA) is 65.2 Å². The first kappa shape index (κ1) is 12.0. The minimum atomic E-state index is -0.358. The van der Waals surface area contributed by atoms with Crippen LogP contribution < -0.4 is 5.73 Å². The SMILES string of the molecule is COC(=O)c1ccc(CSCCN)nc1. The summed E-state index contributed by atoms with van der Waals surface area (Å²) in [4.78, 5) is 15.3. The second-order valence-electron chi connectivity index (χ2n) is 2.87. The van der Waals surface area contributed by atoms with E-state index in [-0.39, 0.29) is 5.97 Å². The number of carbonyl (C=O) groups excluding carboxylic acids is 1. The molecule has 0 amide bonds. The van der Waals surface area contributed by atoms with Crippen molar-refractivity contribution in [2.75, 3.05) is 19.4 Å². The monoisotopic (exact) mass is 226 g/mol. The van der Waals surface area contributed by atoms with E-state index >= 15 is 0 Å². The Morgan fingerprint density at radius 1 is 1.60 bits per heavy atom. The summed E-state index contributed by atoms with van der Waals surface area (Å²) in [5.74, 6) is 1.38. The third-order valence-corrected chi connectivity index (χ3v) is 2.78. The molecule has 4 nitrogen and oxygen atoms in total. The quantitative estimate of drug-likeness (QED) is 0.600. The molecule has 15 heavy (non-hydrogen) atoms. The summed E-state index contributed by atoms with van der Waals surface area (Å²) in [6, 6.07) is 3.55. The van der Waals surface area contributed by atoms with Crippen LogP contribution in [0.2, 0.25) is 0 Å². The first-order valence-corrected chi connectivity index (χ1v) is 5.74. The number of carbonyl (C=O) groups is 1. The van der Waals surface area contributed by atoms with Gasteiger partial charge in [-0.25, -0.2) is 4.79 Å². The minimum Gasteiger partial charge on any atom is -0.465 e. The van der Waals surface area contributed by atoms with Crippen molar-refractivity contribution in [3.05, 3.63) is 29.6 Å². The number of nitrogens with two attached hydrogens (primary N) is 1. The van der Waals surface area contributed by atoms with E-state index in [4.69, 9.17) is 5.73 Å². The van der Waals surface area contributed by atoms with Gasteiger partial charge in [-0.15, -0.1) is 0 Å². The Labute approximate surface area is 93.2 Å². The van der Waals surface area contributed by atoms with Gasteiger partial charge in [-0.1, -0.05) is 0 Å². The van der Waals surface area contributed by atoms with Crippen LogP contribution in [0.4, 0.5) is 0 Å². The van der Waals surface area contributed by atoms with E-state index in [1.807, 2.05) is 6.07 Å². The van der Waals surface area contributed by atoms with E-state index < -0.39 is 0 Å². The van der Waals surface area contributed by atoms with E-state index in [9.17, 15) is 4.79 Å². The Hall–Kier alpha value is -1.07. The smallest absolute Gasteiger partial charge is 0.339 e. The summed E-state index contributed by atoms with van der Waals surface area (Å²) in [6.07, 6.45) is 1.53. The second-order valence-corrected chi connectivity index (χ2v) is 3.98. The highest BCUT2D eigenvalue weighted by Gasteiger charge is 2.04. The van der Waals surface area contributed by atoms with Gasteiger partial charge in [-0.2, -0.15) is 11.8 Å². The number of methoxy groups -OCH3 is 1. The fourth-order valence-electron chi connectivity index (χ4n) is 1.01. The van der Waals surface area contributed by atoms with Gasteiger partial charge in [-0.3, -0.25) is 4.98 Å². The van der Waals surface area contributed by atoms with Crippen LogP contribution in [0.5, 0.6) is 0 Å². The Kier molecular flexibility index (Phi) is 5.14. The van der Waals surface area contributed by atoms with Gasteiger partial charge >= 0.3 is 5.97 Å². The molecule has 5 heteroatoms. The maximum Gasteiger partial charge on any atom is 0.339 e. The summed E-state index contributed by atoms with van der Waals surface area (Å²) in [6.45, 7) is 0.672. The molecule has 0 saturated carbocycles. The highest BCUT2D eigenvalue weighted by Crippen LogP contribution is 2.10. The van der Waals surface area contributed by atoms with Crippen LogP contribution in [0.25, 0.3) is 0 Å². The molecule has 0 spiro atoms. The molecule has 0 aliphatic rings. The van der Waals surface area contributed by atoms with Crippen molar-refractivity contribution < 1.29 is 9.53 Å². The highest BCUT2D eigenvalue weighted by atomic mass is 32.2. The fraction of sp³-hybridized carbons (Fsp3) is 0.400. The summed E-state index contributed by atoms with van der Waals surface area (Å²) in [5, 5.41) is 0. The van der Waals surface area contributed by atoms with Gasteiger partial charge in [0.25, 0.3) is 0 Å². The standard InChI is InChI=1S/C10H14N2O2S/c1-14-10(13)8-2-3-9(12-6-8)7-15-5-4-11/h2-3,6H,4-5,7,11H2,1H3. The molecule has 0 aliphatic heterocycles. The lowest BCUT2D eigenvalue weighted by Gasteiger charge is -2.01. The highest BCUT2D eigenvalue weighted by molar-refractivity contribution is 7.98. The van der Waals surface area contributed by atoms with Crippen LogP contribution in [-0.4, -0.2) is 30.4 Å². The Morgan fingerprint density at radius 3 is 2.93 bits per heavy atom. The van der Waals surface area contributed by atoms with E-state index in [1.54, 1.807) is 17.8 Å². The van der Waals surface area contributed by atoms with Crippen LogP contribution in [0.3, 0.4) is 0 Å². The first-order valence-electron chi connectivity index (χ1n) is 4.59. The molecule has 82 valence electrons. The molecule has 2 N–H and O–H groups in total. The van der Waals surface area contributed by atoms with Gasteiger partial charge < -0.3 is 10.5 Å². The Bertz CT molecular complexity index is 314. The molecule has 0 aliphatic carbocycles. The van der Waals surface area contributed by atoms with Crippen LogP contribution in [0, 0.1) is 0 Å². The molecule has 0 aromatic carbocycles. The Morgan fingerprint density at radius 2 is 2.40 bits per heavy atom. The summed E-state index contributed by atoms with van der Waals surface area (Å²) in [7, 11) is 1.35. The summed E-state index contributed by atoms with van der Waals surface area (Å²) < 4.78 is 4.57.